The lowest BCUT2D eigenvalue weighted by atomic mass is 10.7. The van der Waals surface area contributed by atoms with E-state index in [9.17, 15) is 0 Å². The largest absolute Gasteiger partial charge is 0.382 e. The van der Waals surface area contributed by atoms with Crippen LogP contribution in [-0.2, 0) is 0 Å². The van der Waals surface area contributed by atoms with Crippen LogP contribution in [0.3, 0.4) is 0 Å². The zero-order valence-electron chi connectivity index (χ0n) is 3.70. The molecule has 0 saturated heterocycles. The molecule has 4 heteroatoms. The van der Waals surface area contributed by atoms with E-state index in [4.69, 9.17) is 11.6 Å². The predicted molar refractivity (Wildman–Crippen MR) is 26.8 cm³/mol. The van der Waals surface area contributed by atoms with Gasteiger partial charge >= 0.3 is 0 Å². The Labute approximate surface area is 40.7 Å². The zero-order valence-corrected chi connectivity index (χ0v) is 3.70. The van der Waals surface area contributed by atoms with E-state index in [1.807, 2.05) is 0 Å². The molecule has 1 heterocycles. The molecule has 0 amide bonds. The van der Waals surface area contributed by atoms with Crippen molar-refractivity contribution in [2.75, 3.05) is 11.6 Å². The lowest BCUT2D eigenvalue weighted by Crippen LogP contribution is -2.08. The van der Waals surface area contributed by atoms with Crippen LogP contribution in [0.1, 0.15) is 0 Å². The molecule has 0 aromatic carbocycles. The average molecular weight is 98.1 g/mol. The van der Waals surface area contributed by atoms with Crippen molar-refractivity contribution in [3.63, 3.8) is 0 Å². The molecule has 0 unspecified atom stereocenters. The Bertz CT molecular complexity index is 139. The predicted octanol–water partition coefficient (Wildman–Crippen LogP) is -0.821. The summed E-state index contributed by atoms with van der Waals surface area (Å²) < 4.78 is 0. The van der Waals surface area contributed by atoms with E-state index in [2.05, 4.69) is 5.10 Å². The van der Waals surface area contributed by atoms with Crippen LogP contribution in [0.15, 0.2) is 12.3 Å². The molecule has 38 valence electrons. The van der Waals surface area contributed by atoms with E-state index in [1.54, 1.807) is 12.3 Å². The summed E-state index contributed by atoms with van der Waals surface area (Å²) in [7, 11) is 0. The van der Waals surface area contributed by atoms with Crippen molar-refractivity contribution in [3.8, 4) is 0 Å². The van der Waals surface area contributed by atoms with E-state index >= 15 is 0 Å². The molecule has 0 aliphatic carbocycles. The van der Waals surface area contributed by atoms with Gasteiger partial charge < -0.3 is 11.6 Å². The fraction of sp³-hybridized carbons (Fsp3) is 0. The van der Waals surface area contributed by atoms with Crippen molar-refractivity contribution in [2.45, 2.75) is 0 Å². The van der Waals surface area contributed by atoms with Gasteiger partial charge in [-0.05, 0) is 0 Å². The first-order chi connectivity index (χ1) is 3.29. The second-order valence-corrected chi connectivity index (χ2v) is 1.22. The molecule has 4 N–H and O–H groups in total. The standard InChI is InChI=1S/C3H6N4/c4-3-1-2-7(5)6-3/h1-2H,5H2,(H2,4,6). The average Bonchev–Trinajstić information content (AvgIpc) is 1.87. The molecule has 0 aliphatic rings. The smallest absolute Gasteiger partial charge is 0.147 e. The Balaban J connectivity index is 3.04. The Morgan fingerprint density at radius 3 is 2.57 bits per heavy atom. The van der Waals surface area contributed by atoms with E-state index in [-0.39, 0.29) is 0 Å². The Morgan fingerprint density at radius 2 is 2.43 bits per heavy atom. The number of nitrogens with zero attached hydrogens (tertiary/aromatic N) is 2. The summed E-state index contributed by atoms with van der Waals surface area (Å²) in [5, 5.41) is 3.58. The molecule has 0 bridgehead atoms. The van der Waals surface area contributed by atoms with Crippen LogP contribution < -0.4 is 11.6 Å². The number of rotatable bonds is 0. The van der Waals surface area contributed by atoms with Crippen LogP contribution in [0, 0.1) is 0 Å². The Hall–Kier alpha value is -1.19. The highest BCUT2D eigenvalue weighted by molar-refractivity contribution is 5.23. The summed E-state index contributed by atoms with van der Waals surface area (Å²) in [6.45, 7) is 0. The van der Waals surface area contributed by atoms with Crippen LogP contribution in [0.2, 0.25) is 0 Å². The molecule has 0 fully saturated rings. The van der Waals surface area contributed by atoms with Crippen molar-refractivity contribution in [3.05, 3.63) is 12.3 Å². The lowest BCUT2D eigenvalue weighted by molar-refractivity contribution is 0.837. The van der Waals surface area contributed by atoms with Gasteiger partial charge in [0.15, 0.2) is 0 Å². The van der Waals surface area contributed by atoms with E-state index in [1.165, 1.54) is 0 Å². The van der Waals surface area contributed by atoms with Gasteiger partial charge in [0.1, 0.15) is 5.82 Å². The molecule has 1 rings (SSSR count). The fourth-order valence-corrected chi connectivity index (χ4v) is 0.353. The maximum absolute atomic E-state index is 5.17. The number of hydrogen-bond acceptors (Lipinski definition) is 3. The molecule has 0 radical (unpaired) electrons. The summed E-state index contributed by atoms with van der Waals surface area (Å²) in [5.74, 6) is 5.55. The van der Waals surface area contributed by atoms with E-state index in [0.717, 1.165) is 4.79 Å². The van der Waals surface area contributed by atoms with Gasteiger partial charge in [-0.15, -0.1) is 5.10 Å². The second kappa shape index (κ2) is 1.14. The number of anilines is 1. The van der Waals surface area contributed by atoms with Crippen LogP contribution in [-0.4, -0.2) is 9.89 Å². The van der Waals surface area contributed by atoms with Crippen molar-refractivity contribution in [2.24, 2.45) is 0 Å². The molecule has 1 aromatic heterocycles. The lowest BCUT2D eigenvalue weighted by Gasteiger charge is -1.81. The summed E-state index contributed by atoms with van der Waals surface area (Å²) >= 11 is 0. The number of nitrogens with two attached hydrogens (primary N) is 2. The van der Waals surface area contributed by atoms with E-state index < -0.39 is 0 Å². The van der Waals surface area contributed by atoms with Gasteiger partial charge in [-0.1, -0.05) is 0 Å². The minimum absolute atomic E-state index is 0.447. The van der Waals surface area contributed by atoms with E-state index in [0.29, 0.717) is 5.82 Å². The Morgan fingerprint density at radius 1 is 1.71 bits per heavy atom. The summed E-state index contributed by atoms with van der Waals surface area (Å²) in [5.41, 5.74) is 5.17. The third kappa shape index (κ3) is 0.623. The summed E-state index contributed by atoms with van der Waals surface area (Å²) in [6, 6.07) is 1.62. The minimum Gasteiger partial charge on any atom is -0.382 e. The summed E-state index contributed by atoms with van der Waals surface area (Å²) in [6.07, 6.45) is 1.58. The zero-order chi connectivity index (χ0) is 5.28. The van der Waals surface area contributed by atoms with Gasteiger partial charge in [-0.25, -0.2) is 0 Å². The maximum atomic E-state index is 5.17. The third-order valence-electron chi connectivity index (χ3n) is 0.629. The molecule has 0 spiro atoms. The van der Waals surface area contributed by atoms with Gasteiger partial charge in [0.05, 0.1) is 6.20 Å². The van der Waals surface area contributed by atoms with Gasteiger partial charge in [0.25, 0.3) is 0 Å². The molecule has 1 aromatic rings. The highest BCUT2D eigenvalue weighted by atomic mass is 15.5. The highest BCUT2D eigenvalue weighted by Gasteiger charge is 1.83. The molecule has 4 nitrogen and oxygen atoms in total. The first kappa shape index (κ1) is 3.98. The second-order valence-electron chi connectivity index (χ2n) is 1.22. The van der Waals surface area contributed by atoms with Crippen molar-refractivity contribution >= 4 is 5.82 Å². The molecule has 7 heavy (non-hydrogen) atoms. The van der Waals surface area contributed by atoms with Gasteiger partial charge in [-0.3, -0.25) is 0 Å². The summed E-state index contributed by atoms with van der Waals surface area (Å²) in [4.78, 5) is 1.16. The number of aromatic nitrogens is 2. The van der Waals surface area contributed by atoms with Crippen molar-refractivity contribution in [1.82, 2.24) is 9.89 Å². The quantitative estimate of drug-likeness (QED) is 0.416. The topological polar surface area (TPSA) is 69.9 Å². The van der Waals surface area contributed by atoms with Crippen molar-refractivity contribution in [1.29, 1.82) is 0 Å². The third-order valence-corrected chi connectivity index (χ3v) is 0.629. The van der Waals surface area contributed by atoms with Crippen molar-refractivity contribution < 1.29 is 0 Å². The number of hydrogen-bond donors (Lipinski definition) is 2. The molecule has 0 aliphatic heterocycles. The van der Waals surface area contributed by atoms with Crippen LogP contribution >= 0.6 is 0 Å². The minimum atomic E-state index is 0.447. The van der Waals surface area contributed by atoms with Gasteiger partial charge in [-0.2, -0.15) is 4.79 Å². The normalized spacial score (nSPS) is 9.14. The van der Waals surface area contributed by atoms with Crippen LogP contribution in [0.5, 0.6) is 0 Å². The van der Waals surface area contributed by atoms with Crippen LogP contribution in [0.25, 0.3) is 0 Å². The fourth-order valence-electron chi connectivity index (χ4n) is 0.353. The molecule has 0 atom stereocenters. The maximum Gasteiger partial charge on any atom is 0.147 e. The van der Waals surface area contributed by atoms with Gasteiger partial charge in [0.2, 0.25) is 0 Å². The highest BCUT2D eigenvalue weighted by Crippen LogP contribution is 1.88. The monoisotopic (exact) mass is 98.1 g/mol. The Kier molecular flexibility index (Phi) is 0.651. The molecular formula is C3H6N4. The molecule has 0 saturated carbocycles. The number of nitrogen functional groups attached to an aromatic ring is 2. The SMILES string of the molecule is Nc1ccn(N)n1. The first-order valence-electron chi connectivity index (χ1n) is 1.85. The first-order valence-corrected chi connectivity index (χ1v) is 1.85. The van der Waals surface area contributed by atoms with Gasteiger partial charge in [0, 0.05) is 6.07 Å². The molecular weight excluding hydrogens is 92.1 g/mol. The van der Waals surface area contributed by atoms with Crippen LogP contribution in [0.4, 0.5) is 5.82 Å².